The van der Waals surface area contributed by atoms with Gasteiger partial charge in [0.15, 0.2) is 0 Å². The minimum atomic E-state index is -1.08. The molecule has 0 radical (unpaired) electrons. The second-order valence-corrected chi connectivity index (χ2v) is 7.12. The molecular formula is C18H36N4O4. The number of rotatable bonds is 14. The molecule has 0 saturated heterocycles. The summed E-state index contributed by atoms with van der Waals surface area (Å²) in [7, 11) is 0. The molecule has 8 nitrogen and oxygen atoms in total. The van der Waals surface area contributed by atoms with Crippen LogP contribution in [0.3, 0.4) is 0 Å². The summed E-state index contributed by atoms with van der Waals surface area (Å²) >= 11 is 0. The molecular weight excluding hydrogens is 336 g/mol. The maximum atomic E-state index is 12.5. The number of nitrogens with one attached hydrogen (secondary N) is 2. The largest absolute Gasteiger partial charge is 0.480 e. The van der Waals surface area contributed by atoms with E-state index in [1.807, 2.05) is 20.8 Å². The van der Waals surface area contributed by atoms with Gasteiger partial charge in [-0.1, -0.05) is 40.0 Å². The van der Waals surface area contributed by atoms with Gasteiger partial charge in [0, 0.05) is 0 Å². The van der Waals surface area contributed by atoms with E-state index in [1.165, 1.54) is 0 Å². The van der Waals surface area contributed by atoms with Crippen molar-refractivity contribution in [2.75, 3.05) is 6.54 Å². The van der Waals surface area contributed by atoms with Gasteiger partial charge in [-0.2, -0.15) is 0 Å². The van der Waals surface area contributed by atoms with E-state index in [2.05, 4.69) is 10.6 Å². The fourth-order valence-corrected chi connectivity index (χ4v) is 2.56. The lowest BCUT2D eigenvalue weighted by molar-refractivity contribution is -0.142. The van der Waals surface area contributed by atoms with Crippen molar-refractivity contribution in [3.8, 4) is 0 Å². The predicted octanol–water partition coefficient (Wildman–Crippen LogP) is 0.733. The SMILES string of the molecule is CCCC[C@H](NC(=O)[C@@H](N)CCCCN)C(=O)N[C@@H](CC(C)C)C(=O)O. The molecule has 0 spiro atoms. The molecule has 0 aliphatic carbocycles. The van der Waals surface area contributed by atoms with Gasteiger partial charge in [-0.25, -0.2) is 4.79 Å². The molecule has 0 aliphatic heterocycles. The zero-order valence-corrected chi connectivity index (χ0v) is 16.3. The number of carbonyl (C=O) groups excluding carboxylic acids is 2. The van der Waals surface area contributed by atoms with E-state index in [0.717, 1.165) is 25.7 Å². The minimum Gasteiger partial charge on any atom is -0.480 e. The normalized spacial score (nSPS) is 14.5. The number of carbonyl (C=O) groups is 3. The first kappa shape index (κ1) is 24.3. The molecule has 0 aromatic carbocycles. The zero-order valence-electron chi connectivity index (χ0n) is 16.3. The lowest BCUT2D eigenvalue weighted by Gasteiger charge is -2.23. The summed E-state index contributed by atoms with van der Waals surface area (Å²) in [5.74, 6) is -1.83. The topological polar surface area (TPSA) is 148 Å². The standard InChI is InChI=1S/C18H36N4O4/c1-4-5-9-14(21-16(23)13(20)8-6-7-10-19)17(24)22-15(18(25)26)11-12(2)3/h12-15H,4-11,19-20H2,1-3H3,(H,21,23)(H,22,24)(H,25,26)/t13-,14-,15-/m0/s1. The summed E-state index contributed by atoms with van der Waals surface area (Å²) in [4.78, 5) is 36.1. The van der Waals surface area contributed by atoms with Crippen LogP contribution in [0.15, 0.2) is 0 Å². The van der Waals surface area contributed by atoms with Gasteiger partial charge >= 0.3 is 5.97 Å². The zero-order chi connectivity index (χ0) is 20.1. The molecule has 7 N–H and O–H groups in total. The number of nitrogens with two attached hydrogens (primary N) is 2. The molecule has 26 heavy (non-hydrogen) atoms. The Morgan fingerprint density at radius 2 is 1.58 bits per heavy atom. The molecule has 0 aromatic heterocycles. The Bertz CT molecular complexity index is 443. The molecule has 152 valence electrons. The predicted molar refractivity (Wildman–Crippen MR) is 101 cm³/mol. The average Bonchev–Trinajstić information content (AvgIpc) is 2.57. The van der Waals surface area contributed by atoms with Crippen molar-refractivity contribution in [1.29, 1.82) is 0 Å². The number of carboxylic acid groups (broad SMARTS) is 1. The molecule has 0 fully saturated rings. The molecule has 3 atom stereocenters. The number of unbranched alkanes of at least 4 members (excludes halogenated alkanes) is 2. The molecule has 0 saturated carbocycles. The van der Waals surface area contributed by atoms with Crippen LogP contribution in [0.5, 0.6) is 0 Å². The molecule has 0 unspecified atom stereocenters. The van der Waals surface area contributed by atoms with Crippen molar-refractivity contribution in [2.24, 2.45) is 17.4 Å². The number of aliphatic carboxylic acids is 1. The summed E-state index contributed by atoms with van der Waals surface area (Å²) in [6, 6.07) is -2.46. The lowest BCUT2D eigenvalue weighted by Crippen LogP contribution is -2.54. The Morgan fingerprint density at radius 1 is 0.962 bits per heavy atom. The average molecular weight is 373 g/mol. The van der Waals surface area contributed by atoms with E-state index in [9.17, 15) is 19.5 Å². The van der Waals surface area contributed by atoms with Gasteiger partial charge in [-0.15, -0.1) is 0 Å². The number of carboxylic acids is 1. The molecule has 0 aliphatic rings. The Morgan fingerprint density at radius 3 is 2.08 bits per heavy atom. The van der Waals surface area contributed by atoms with E-state index in [0.29, 0.717) is 25.8 Å². The van der Waals surface area contributed by atoms with Crippen molar-refractivity contribution in [1.82, 2.24) is 10.6 Å². The Balaban J connectivity index is 4.85. The highest BCUT2D eigenvalue weighted by Gasteiger charge is 2.27. The van der Waals surface area contributed by atoms with E-state index in [4.69, 9.17) is 11.5 Å². The maximum absolute atomic E-state index is 12.5. The van der Waals surface area contributed by atoms with E-state index in [1.54, 1.807) is 0 Å². The first-order chi connectivity index (χ1) is 12.2. The third-order valence-corrected chi connectivity index (χ3v) is 4.11. The van der Waals surface area contributed by atoms with Crippen LogP contribution < -0.4 is 22.1 Å². The van der Waals surface area contributed by atoms with E-state index >= 15 is 0 Å². The third kappa shape index (κ3) is 10.4. The molecule has 0 rings (SSSR count). The van der Waals surface area contributed by atoms with Crippen molar-refractivity contribution >= 4 is 17.8 Å². The van der Waals surface area contributed by atoms with Crippen LogP contribution in [0, 0.1) is 5.92 Å². The molecule has 8 heteroatoms. The van der Waals surface area contributed by atoms with Gasteiger partial charge in [0.25, 0.3) is 0 Å². The van der Waals surface area contributed by atoms with Crippen molar-refractivity contribution in [3.05, 3.63) is 0 Å². The van der Waals surface area contributed by atoms with Crippen LogP contribution in [-0.4, -0.2) is 47.6 Å². The van der Waals surface area contributed by atoms with E-state index < -0.39 is 35.9 Å². The van der Waals surface area contributed by atoms with Gasteiger partial charge in [0.05, 0.1) is 6.04 Å². The monoisotopic (exact) mass is 372 g/mol. The van der Waals surface area contributed by atoms with Crippen LogP contribution in [0.4, 0.5) is 0 Å². The van der Waals surface area contributed by atoms with Gasteiger partial charge in [-0.3, -0.25) is 9.59 Å². The number of hydrogen-bond donors (Lipinski definition) is 5. The van der Waals surface area contributed by atoms with Gasteiger partial charge in [0.1, 0.15) is 12.1 Å². The Kier molecular flexibility index (Phi) is 12.7. The quantitative estimate of drug-likeness (QED) is 0.284. The summed E-state index contributed by atoms with van der Waals surface area (Å²) in [6.07, 6.45) is 4.39. The van der Waals surface area contributed by atoms with Crippen LogP contribution in [-0.2, 0) is 14.4 Å². The second kappa shape index (κ2) is 13.5. The van der Waals surface area contributed by atoms with Gasteiger partial charge in [0.2, 0.25) is 11.8 Å². The van der Waals surface area contributed by atoms with Crippen molar-refractivity contribution < 1.29 is 19.5 Å². The fourth-order valence-electron chi connectivity index (χ4n) is 2.56. The first-order valence-corrected chi connectivity index (χ1v) is 9.52. The smallest absolute Gasteiger partial charge is 0.326 e. The Labute approximate surface area is 156 Å². The van der Waals surface area contributed by atoms with Gasteiger partial charge < -0.3 is 27.2 Å². The van der Waals surface area contributed by atoms with Crippen LogP contribution in [0.2, 0.25) is 0 Å². The fraction of sp³-hybridized carbons (Fsp3) is 0.833. The van der Waals surface area contributed by atoms with E-state index in [-0.39, 0.29) is 5.92 Å². The van der Waals surface area contributed by atoms with Crippen LogP contribution in [0.1, 0.15) is 65.7 Å². The summed E-state index contributed by atoms with van der Waals surface area (Å²) in [6.45, 7) is 6.30. The molecule has 0 heterocycles. The highest BCUT2D eigenvalue weighted by molar-refractivity contribution is 5.91. The van der Waals surface area contributed by atoms with Gasteiger partial charge in [-0.05, 0) is 38.1 Å². The van der Waals surface area contributed by atoms with Crippen molar-refractivity contribution in [3.63, 3.8) is 0 Å². The molecule has 2 amide bonds. The number of hydrogen-bond acceptors (Lipinski definition) is 5. The van der Waals surface area contributed by atoms with Crippen LogP contribution >= 0.6 is 0 Å². The molecule has 0 aromatic rings. The lowest BCUT2D eigenvalue weighted by atomic mass is 10.0. The summed E-state index contributed by atoms with van der Waals surface area (Å²) in [5.41, 5.74) is 11.3. The highest BCUT2D eigenvalue weighted by atomic mass is 16.4. The van der Waals surface area contributed by atoms with Crippen LogP contribution in [0.25, 0.3) is 0 Å². The second-order valence-electron chi connectivity index (χ2n) is 7.12. The summed E-state index contributed by atoms with van der Waals surface area (Å²) in [5, 5.41) is 14.5. The highest BCUT2D eigenvalue weighted by Crippen LogP contribution is 2.08. The molecule has 0 bridgehead atoms. The number of amides is 2. The summed E-state index contributed by atoms with van der Waals surface area (Å²) < 4.78 is 0. The first-order valence-electron chi connectivity index (χ1n) is 9.52. The van der Waals surface area contributed by atoms with Crippen molar-refractivity contribution in [2.45, 2.75) is 83.8 Å². The Hall–Kier alpha value is -1.67. The third-order valence-electron chi connectivity index (χ3n) is 4.11. The minimum absolute atomic E-state index is 0.121. The maximum Gasteiger partial charge on any atom is 0.326 e.